The number of nitrogens with two attached hydrogens (primary N) is 1. The van der Waals surface area contributed by atoms with Gasteiger partial charge in [0.15, 0.2) is 0 Å². The molecule has 0 radical (unpaired) electrons. The lowest BCUT2D eigenvalue weighted by Gasteiger charge is -2.20. The molecule has 4 heteroatoms. The molecule has 0 atom stereocenters. The number of nitrogens with zero attached hydrogens (tertiary/aromatic N) is 2. The van der Waals surface area contributed by atoms with Crippen molar-refractivity contribution in [2.24, 2.45) is 5.73 Å². The first kappa shape index (κ1) is 14.5. The molecule has 2 aromatic rings. The van der Waals surface area contributed by atoms with Crippen LogP contribution in [0.1, 0.15) is 23.7 Å². The van der Waals surface area contributed by atoms with Crippen LogP contribution in [0.15, 0.2) is 36.4 Å². The zero-order valence-corrected chi connectivity index (χ0v) is 12.9. The van der Waals surface area contributed by atoms with E-state index in [4.69, 9.17) is 18.0 Å². The van der Waals surface area contributed by atoms with Crippen molar-refractivity contribution in [2.75, 3.05) is 11.9 Å². The Balaban J connectivity index is 2.36. The summed E-state index contributed by atoms with van der Waals surface area (Å²) in [5, 5.41) is 0. The molecule has 0 amide bonds. The molecule has 0 aliphatic carbocycles. The summed E-state index contributed by atoms with van der Waals surface area (Å²) in [5.41, 5.74) is 9.88. The summed E-state index contributed by atoms with van der Waals surface area (Å²) >= 11 is 5.05. The number of aryl methyl sites for hydroxylation is 2. The van der Waals surface area contributed by atoms with Gasteiger partial charge in [-0.3, -0.25) is 0 Å². The Morgan fingerprint density at radius 1 is 1.25 bits per heavy atom. The number of hydrogen-bond donors (Lipinski definition) is 1. The molecule has 1 aromatic heterocycles. The Morgan fingerprint density at radius 3 is 2.45 bits per heavy atom. The maximum Gasteiger partial charge on any atom is 0.133 e. The summed E-state index contributed by atoms with van der Waals surface area (Å²) in [6.07, 6.45) is 1.04. The van der Waals surface area contributed by atoms with Gasteiger partial charge >= 0.3 is 0 Å². The minimum Gasteiger partial charge on any atom is -0.389 e. The van der Waals surface area contributed by atoms with E-state index in [2.05, 4.69) is 36.2 Å². The Bertz CT molecular complexity index is 620. The van der Waals surface area contributed by atoms with Gasteiger partial charge in [0.25, 0.3) is 0 Å². The van der Waals surface area contributed by atoms with E-state index in [1.807, 2.05) is 31.0 Å². The summed E-state index contributed by atoms with van der Waals surface area (Å²) in [6.45, 7) is 4.09. The maximum atomic E-state index is 5.71. The largest absolute Gasteiger partial charge is 0.389 e. The highest BCUT2D eigenvalue weighted by atomic mass is 32.1. The van der Waals surface area contributed by atoms with E-state index in [9.17, 15) is 0 Å². The van der Waals surface area contributed by atoms with Crippen LogP contribution in [0.25, 0.3) is 0 Å². The molecule has 0 bridgehead atoms. The predicted octanol–water partition coefficient (Wildman–Crippen LogP) is 3.35. The van der Waals surface area contributed by atoms with Gasteiger partial charge < -0.3 is 10.6 Å². The highest BCUT2D eigenvalue weighted by molar-refractivity contribution is 7.80. The van der Waals surface area contributed by atoms with Crippen molar-refractivity contribution in [3.63, 3.8) is 0 Å². The predicted molar refractivity (Wildman–Crippen MR) is 88.7 cm³/mol. The van der Waals surface area contributed by atoms with Crippen molar-refractivity contribution in [3.8, 4) is 0 Å². The van der Waals surface area contributed by atoms with E-state index in [1.54, 1.807) is 0 Å². The van der Waals surface area contributed by atoms with Crippen molar-refractivity contribution >= 4 is 28.7 Å². The first-order chi connectivity index (χ1) is 9.51. The minimum absolute atomic E-state index is 0.395. The molecule has 2 N–H and O–H groups in total. The monoisotopic (exact) mass is 285 g/mol. The van der Waals surface area contributed by atoms with Gasteiger partial charge in [-0.25, -0.2) is 4.98 Å². The number of benzene rings is 1. The lowest BCUT2D eigenvalue weighted by molar-refractivity contribution is 1.08. The fraction of sp³-hybridized carbons (Fsp3) is 0.250. The quantitative estimate of drug-likeness (QED) is 0.875. The lowest BCUT2D eigenvalue weighted by atomic mass is 10.1. The molecule has 0 saturated carbocycles. The van der Waals surface area contributed by atoms with Crippen LogP contribution in [0.5, 0.6) is 0 Å². The number of thiocarbonyl (C=S) groups is 1. The van der Waals surface area contributed by atoms with Gasteiger partial charge in [-0.05, 0) is 43.2 Å². The van der Waals surface area contributed by atoms with Gasteiger partial charge in [-0.2, -0.15) is 0 Å². The van der Waals surface area contributed by atoms with Crippen LogP contribution in [0.4, 0.5) is 11.5 Å². The third-order valence-corrected chi connectivity index (χ3v) is 3.54. The number of hydrogen-bond acceptors (Lipinski definition) is 3. The fourth-order valence-electron chi connectivity index (χ4n) is 2.05. The van der Waals surface area contributed by atoms with E-state index in [0.29, 0.717) is 4.99 Å². The molecule has 104 valence electrons. The summed E-state index contributed by atoms with van der Waals surface area (Å²) in [7, 11) is 1.99. The van der Waals surface area contributed by atoms with Gasteiger partial charge in [-0.15, -0.1) is 0 Å². The van der Waals surface area contributed by atoms with Gasteiger partial charge in [0.05, 0.1) is 0 Å². The standard InChI is InChI=1S/C16H19N3S/c1-4-12-5-7-14(8-6-12)19(3)15-10-13(16(17)20)9-11(2)18-15/h5-10H,4H2,1-3H3,(H2,17,20). The van der Waals surface area contributed by atoms with Crippen LogP contribution < -0.4 is 10.6 Å². The molecule has 1 heterocycles. The molecule has 0 fully saturated rings. The van der Waals surface area contributed by atoms with Crippen LogP contribution in [0.3, 0.4) is 0 Å². The van der Waals surface area contributed by atoms with Crippen LogP contribution >= 0.6 is 12.2 Å². The van der Waals surface area contributed by atoms with Crippen molar-refractivity contribution < 1.29 is 0 Å². The second-order valence-corrected chi connectivity index (χ2v) is 5.24. The van der Waals surface area contributed by atoms with Crippen LogP contribution in [-0.2, 0) is 6.42 Å². The Kier molecular flexibility index (Phi) is 4.35. The topological polar surface area (TPSA) is 42.1 Å². The number of rotatable bonds is 4. The third kappa shape index (κ3) is 3.14. The van der Waals surface area contributed by atoms with Crippen molar-refractivity contribution in [1.29, 1.82) is 0 Å². The highest BCUT2D eigenvalue weighted by Gasteiger charge is 2.08. The molecule has 20 heavy (non-hydrogen) atoms. The van der Waals surface area contributed by atoms with E-state index in [-0.39, 0.29) is 0 Å². The van der Waals surface area contributed by atoms with E-state index >= 15 is 0 Å². The number of pyridine rings is 1. The first-order valence-corrected chi connectivity index (χ1v) is 7.03. The van der Waals surface area contributed by atoms with E-state index < -0.39 is 0 Å². The summed E-state index contributed by atoms with van der Waals surface area (Å²) in [4.78, 5) is 6.98. The molecule has 0 aliphatic heterocycles. The average Bonchev–Trinajstić information content (AvgIpc) is 2.46. The van der Waals surface area contributed by atoms with Crippen molar-refractivity contribution in [2.45, 2.75) is 20.3 Å². The molecule has 0 unspecified atom stereocenters. The van der Waals surface area contributed by atoms with Gasteiger partial charge in [0.2, 0.25) is 0 Å². The third-order valence-electron chi connectivity index (χ3n) is 3.30. The summed E-state index contributed by atoms with van der Waals surface area (Å²) < 4.78 is 0. The first-order valence-electron chi connectivity index (χ1n) is 6.62. The van der Waals surface area contributed by atoms with Crippen molar-refractivity contribution in [3.05, 3.63) is 53.2 Å². The Morgan fingerprint density at radius 2 is 1.90 bits per heavy atom. The van der Waals surface area contributed by atoms with Gasteiger partial charge in [-0.1, -0.05) is 31.3 Å². The van der Waals surface area contributed by atoms with Gasteiger partial charge in [0.1, 0.15) is 10.8 Å². The number of anilines is 2. The molecular formula is C16H19N3S. The Labute approximate surface area is 125 Å². The highest BCUT2D eigenvalue weighted by Crippen LogP contribution is 2.23. The molecule has 2 rings (SSSR count). The van der Waals surface area contributed by atoms with E-state index in [1.165, 1.54) is 5.56 Å². The van der Waals surface area contributed by atoms with Gasteiger partial charge in [0, 0.05) is 24.0 Å². The maximum absolute atomic E-state index is 5.71. The molecule has 3 nitrogen and oxygen atoms in total. The van der Waals surface area contributed by atoms with Crippen molar-refractivity contribution in [1.82, 2.24) is 4.98 Å². The smallest absolute Gasteiger partial charge is 0.133 e. The number of aromatic nitrogens is 1. The second kappa shape index (κ2) is 6.01. The normalized spacial score (nSPS) is 10.3. The molecular weight excluding hydrogens is 266 g/mol. The van der Waals surface area contributed by atoms with Crippen LogP contribution in [0.2, 0.25) is 0 Å². The summed E-state index contributed by atoms with van der Waals surface area (Å²) in [5.74, 6) is 0.844. The molecule has 0 aliphatic rings. The molecule has 1 aromatic carbocycles. The average molecular weight is 285 g/mol. The Hall–Kier alpha value is -1.94. The zero-order chi connectivity index (χ0) is 14.7. The SMILES string of the molecule is CCc1ccc(N(C)c2cc(C(N)=S)cc(C)n2)cc1. The zero-order valence-electron chi connectivity index (χ0n) is 12.1. The lowest BCUT2D eigenvalue weighted by Crippen LogP contribution is -2.15. The molecule has 0 saturated heterocycles. The second-order valence-electron chi connectivity index (χ2n) is 4.80. The van der Waals surface area contributed by atoms with Crippen LogP contribution in [-0.4, -0.2) is 17.0 Å². The fourth-order valence-corrected chi connectivity index (χ4v) is 2.17. The molecule has 0 spiro atoms. The van der Waals surface area contributed by atoms with E-state index in [0.717, 1.165) is 29.2 Å². The summed E-state index contributed by atoms with van der Waals surface area (Å²) in [6, 6.07) is 12.3. The minimum atomic E-state index is 0.395. The van der Waals surface area contributed by atoms with Crippen LogP contribution in [0, 0.1) is 6.92 Å².